The van der Waals surface area contributed by atoms with Gasteiger partial charge in [-0.2, -0.15) is 0 Å². The Labute approximate surface area is 100 Å². The number of hydrogen-bond acceptors (Lipinski definition) is 3. The molecule has 1 rings (SSSR count). The number of rotatable bonds is 7. The molecule has 0 aromatic heterocycles. The zero-order valence-electron chi connectivity index (χ0n) is 11.1. The smallest absolute Gasteiger partial charge is 0.0462 e. The molecule has 1 aliphatic heterocycles. The van der Waals surface area contributed by atoms with Gasteiger partial charge in [-0.3, -0.25) is 4.90 Å². The molecule has 0 bridgehead atoms. The van der Waals surface area contributed by atoms with Crippen molar-refractivity contribution in [2.24, 2.45) is 11.7 Å². The first-order valence-corrected chi connectivity index (χ1v) is 6.63. The molecule has 0 radical (unpaired) electrons. The number of nitrogens with two attached hydrogens (primary N) is 1. The van der Waals surface area contributed by atoms with Crippen LogP contribution in [0, 0.1) is 5.92 Å². The highest BCUT2D eigenvalue weighted by atomic mass is 16.5. The quantitative estimate of drug-likeness (QED) is 0.676. The average molecular weight is 228 g/mol. The first-order valence-electron chi connectivity index (χ1n) is 6.63. The lowest BCUT2D eigenvalue weighted by molar-refractivity contribution is 0.173. The highest BCUT2D eigenvalue weighted by Gasteiger charge is 2.27. The molecule has 1 fully saturated rings. The van der Waals surface area contributed by atoms with E-state index in [2.05, 4.69) is 18.7 Å². The lowest BCUT2D eigenvalue weighted by Gasteiger charge is -2.29. The lowest BCUT2D eigenvalue weighted by Crippen LogP contribution is -2.42. The summed E-state index contributed by atoms with van der Waals surface area (Å²) in [5.74, 6) is 0.758. The van der Waals surface area contributed by atoms with Crippen molar-refractivity contribution in [3.63, 3.8) is 0 Å². The van der Waals surface area contributed by atoms with Crippen molar-refractivity contribution in [3.8, 4) is 0 Å². The predicted octanol–water partition coefficient (Wildman–Crippen LogP) is 1.86. The molecule has 0 spiro atoms. The van der Waals surface area contributed by atoms with Gasteiger partial charge in [0.1, 0.15) is 0 Å². The summed E-state index contributed by atoms with van der Waals surface area (Å²) < 4.78 is 5.05. The molecule has 1 aliphatic rings. The summed E-state index contributed by atoms with van der Waals surface area (Å²) in [5, 5.41) is 0. The molecule has 0 saturated carbocycles. The van der Waals surface area contributed by atoms with E-state index < -0.39 is 0 Å². The molecular weight excluding hydrogens is 200 g/mol. The van der Waals surface area contributed by atoms with Crippen LogP contribution in [-0.4, -0.2) is 43.8 Å². The Balaban J connectivity index is 2.24. The topological polar surface area (TPSA) is 38.5 Å². The monoisotopic (exact) mass is 228 g/mol. The van der Waals surface area contributed by atoms with E-state index in [0.717, 1.165) is 38.0 Å². The third-order valence-electron chi connectivity index (χ3n) is 3.58. The Morgan fingerprint density at radius 2 is 2.19 bits per heavy atom. The van der Waals surface area contributed by atoms with Gasteiger partial charge in [-0.05, 0) is 38.1 Å². The van der Waals surface area contributed by atoms with Gasteiger partial charge in [-0.15, -0.1) is 0 Å². The SMILES string of the molecule is COCCCC(N)CN1CCCC1C(C)C. The van der Waals surface area contributed by atoms with Crippen LogP contribution in [0.1, 0.15) is 39.5 Å². The van der Waals surface area contributed by atoms with Gasteiger partial charge in [-0.1, -0.05) is 13.8 Å². The van der Waals surface area contributed by atoms with Crippen LogP contribution >= 0.6 is 0 Å². The Morgan fingerprint density at radius 3 is 2.81 bits per heavy atom. The average Bonchev–Trinajstić information content (AvgIpc) is 2.66. The van der Waals surface area contributed by atoms with E-state index in [1.54, 1.807) is 7.11 Å². The second-order valence-corrected chi connectivity index (χ2v) is 5.34. The van der Waals surface area contributed by atoms with Gasteiger partial charge in [0, 0.05) is 32.3 Å². The van der Waals surface area contributed by atoms with Crippen LogP contribution in [0.4, 0.5) is 0 Å². The summed E-state index contributed by atoms with van der Waals surface area (Å²) in [4.78, 5) is 2.59. The maximum atomic E-state index is 6.16. The van der Waals surface area contributed by atoms with Gasteiger partial charge in [0.2, 0.25) is 0 Å². The van der Waals surface area contributed by atoms with E-state index >= 15 is 0 Å². The fourth-order valence-electron chi connectivity index (χ4n) is 2.72. The molecule has 1 saturated heterocycles. The van der Waals surface area contributed by atoms with Crippen LogP contribution in [-0.2, 0) is 4.74 Å². The van der Waals surface area contributed by atoms with Crippen LogP contribution in [0.3, 0.4) is 0 Å². The van der Waals surface area contributed by atoms with Gasteiger partial charge in [-0.25, -0.2) is 0 Å². The highest BCUT2D eigenvalue weighted by molar-refractivity contribution is 4.83. The van der Waals surface area contributed by atoms with Crippen molar-refractivity contribution >= 4 is 0 Å². The molecule has 2 atom stereocenters. The molecule has 3 heteroatoms. The van der Waals surface area contributed by atoms with Gasteiger partial charge in [0.25, 0.3) is 0 Å². The Bertz CT molecular complexity index is 185. The molecule has 0 aliphatic carbocycles. The second kappa shape index (κ2) is 7.25. The second-order valence-electron chi connectivity index (χ2n) is 5.34. The molecule has 0 amide bonds. The summed E-state index contributed by atoms with van der Waals surface area (Å²) in [5.41, 5.74) is 6.16. The number of hydrogen-bond donors (Lipinski definition) is 1. The number of ether oxygens (including phenoxy) is 1. The molecule has 96 valence electrons. The molecule has 2 N–H and O–H groups in total. The summed E-state index contributed by atoms with van der Waals surface area (Å²) in [6.45, 7) is 7.77. The zero-order chi connectivity index (χ0) is 12.0. The first kappa shape index (κ1) is 13.9. The Morgan fingerprint density at radius 1 is 1.44 bits per heavy atom. The van der Waals surface area contributed by atoms with E-state index in [0.29, 0.717) is 6.04 Å². The van der Waals surface area contributed by atoms with E-state index in [1.165, 1.54) is 19.4 Å². The van der Waals surface area contributed by atoms with Gasteiger partial charge in [0.15, 0.2) is 0 Å². The summed E-state index contributed by atoms with van der Waals surface area (Å²) in [6, 6.07) is 1.07. The maximum absolute atomic E-state index is 6.16. The minimum Gasteiger partial charge on any atom is -0.385 e. The standard InChI is InChI=1S/C13H28N2O/c1-11(2)13-7-4-8-15(13)10-12(14)6-5-9-16-3/h11-13H,4-10,14H2,1-3H3. The normalized spacial score (nSPS) is 24.2. The maximum Gasteiger partial charge on any atom is 0.0462 e. The van der Waals surface area contributed by atoms with Gasteiger partial charge < -0.3 is 10.5 Å². The zero-order valence-corrected chi connectivity index (χ0v) is 11.1. The minimum atomic E-state index is 0.314. The van der Waals surface area contributed by atoms with Crippen molar-refractivity contribution in [3.05, 3.63) is 0 Å². The third-order valence-corrected chi connectivity index (χ3v) is 3.58. The molecule has 0 aromatic carbocycles. The van der Waals surface area contributed by atoms with Crippen molar-refractivity contribution in [2.75, 3.05) is 26.8 Å². The van der Waals surface area contributed by atoms with E-state index in [-0.39, 0.29) is 0 Å². The molecule has 16 heavy (non-hydrogen) atoms. The number of likely N-dealkylation sites (tertiary alicyclic amines) is 1. The Hall–Kier alpha value is -0.120. The van der Waals surface area contributed by atoms with Crippen molar-refractivity contribution in [1.29, 1.82) is 0 Å². The molecular formula is C13H28N2O. The number of nitrogens with zero attached hydrogens (tertiary/aromatic N) is 1. The summed E-state index contributed by atoms with van der Waals surface area (Å²) in [6.07, 6.45) is 4.85. The van der Waals surface area contributed by atoms with Crippen LogP contribution in [0.25, 0.3) is 0 Å². The van der Waals surface area contributed by atoms with E-state index in [1.807, 2.05) is 0 Å². The van der Waals surface area contributed by atoms with Crippen LogP contribution in [0.2, 0.25) is 0 Å². The Kier molecular flexibility index (Phi) is 6.32. The van der Waals surface area contributed by atoms with Crippen molar-refractivity contribution in [2.45, 2.75) is 51.6 Å². The van der Waals surface area contributed by atoms with Crippen molar-refractivity contribution < 1.29 is 4.74 Å². The molecule has 1 heterocycles. The summed E-state index contributed by atoms with van der Waals surface area (Å²) in [7, 11) is 1.75. The van der Waals surface area contributed by atoms with E-state index in [4.69, 9.17) is 10.5 Å². The largest absolute Gasteiger partial charge is 0.385 e. The van der Waals surface area contributed by atoms with Gasteiger partial charge in [0.05, 0.1) is 0 Å². The predicted molar refractivity (Wildman–Crippen MR) is 68.5 cm³/mol. The first-order chi connectivity index (χ1) is 7.65. The van der Waals surface area contributed by atoms with Crippen molar-refractivity contribution in [1.82, 2.24) is 4.90 Å². The third kappa shape index (κ3) is 4.40. The minimum absolute atomic E-state index is 0.314. The molecule has 2 unspecified atom stereocenters. The summed E-state index contributed by atoms with van der Waals surface area (Å²) >= 11 is 0. The van der Waals surface area contributed by atoms with Crippen LogP contribution in [0.5, 0.6) is 0 Å². The lowest BCUT2D eigenvalue weighted by atomic mass is 10.0. The fourth-order valence-corrected chi connectivity index (χ4v) is 2.72. The molecule has 3 nitrogen and oxygen atoms in total. The van der Waals surface area contributed by atoms with Crippen LogP contribution < -0.4 is 5.73 Å². The number of methoxy groups -OCH3 is 1. The van der Waals surface area contributed by atoms with Gasteiger partial charge >= 0.3 is 0 Å². The molecule has 0 aromatic rings. The fraction of sp³-hybridized carbons (Fsp3) is 1.00. The van der Waals surface area contributed by atoms with E-state index in [9.17, 15) is 0 Å². The highest BCUT2D eigenvalue weighted by Crippen LogP contribution is 2.23. The van der Waals surface area contributed by atoms with Crippen LogP contribution in [0.15, 0.2) is 0 Å².